The van der Waals surface area contributed by atoms with Crippen LogP contribution >= 0.6 is 0 Å². The lowest BCUT2D eigenvalue weighted by Crippen LogP contribution is -2.23. The van der Waals surface area contributed by atoms with Gasteiger partial charge in [0.25, 0.3) is 11.8 Å². The molecule has 4 aromatic rings. The molecular weight excluding hydrogens is 400 g/mol. The number of hydrogen-bond acceptors (Lipinski definition) is 8. The van der Waals surface area contributed by atoms with Crippen LogP contribution in [-0.2, 0) is 6.54 Å². The van der Waals surface area contributed by atoms with Gasteiger partial charge in [-0.2, -0.15) is 4.98 Å². The number of pyridine rings is 1. The molecule has 4 rings (SSSR count). The Balaban J connectivity index is 1.49. The molecule has 3 heterocycles. The van der Waals surface area contributed by atoms with Crippen molar-refractivity contribution in [1.29, 1.82) is 0 Å². The maximum absolute atomic E-state index is 12.6. The summed E-state index contributed by atoms with van der Waals surface area (Å²) in [7, 11) is 3.16. The second-order valence-electron chi connectivity index (χ2n) is 6.58. The summed E-state index contributed by atoms with van der Waals surface area (Å²) in [5, 5.41) is 6.64. The number of imidazole rings is 1. The minimum atomic E-state index is -0.327. The van der Waals surface area contributed by atoms with Crippen LogP contribution in [0.5, 0.6) is 11.5 Å². The number of hydrogen-bond donors (Lipinski definition) is 1. The van der Waals surface area contributed by atoms with Gasteiger partial charge in [-0.25, -0.2) is 9.97 Å². The zero-order valence-electron chi connectivity index (χ0n) is 17.2. The van der Waals surface area contributed by atoms with Crippen LogP contribution in [0.2, 0.25) is 0 Å². The molecule has 0 saturated heterocycles. The molecule has 10 nitrogen and oxygen atoms in total. The number of ether oxygens (including phenoxy) is 2. The number of amides is 1. The smallest absolute Gasteiger partial charge is 0.271 e. The molecule has 0 spiro atoms. The minimum Gasteiger partial charge on any atom is -0.497 e. The Labute approximate surface area is 177 Å². The van der Waals surface area contributed by atoms with E-state index < -0.39 is 0 Å². The van der Waals surface area contributed by atoms with E-state index in [0.29, 0.717) is 29.0 Å². The molecule has 0 aliphatic heterocycles. The molecule has 0 atom stereocenters. The van der Waals surface area contributed by atoms with E-state index in [2.05, 4.69) is 25.4 Å². The number of carbonyl (C=O) groups excluding carboxylic acids is 1. The van der Waals surface area contributed by atoms with Crippen molar-refractivity contribution in [2.24, 2.45) is 0 Å². The van der Waals surface area contributed by atoms with Gasteiger partial charge in [-0.1, -0.05) is 5.16 Å². The third-order valence-electron chi connectivity index (χ3n) is 4.53. The first-order valence-electron chi connectivity index (χ1n) is 9.37. The fraction of sp³-hybridized carbons (Fsp3) is 0.190. The Morgan fingerprint density at radius 1 is 1.16 bits per heavy atom. The van der Waals surface area contributed by atoms with E-state index in [-0.39, 0.29) is 18.1 Å². The van der Waals surface area contributed by atoms with Crippen LogP contribution in [0, 0.1) is 6.92 Å². The molecule has 158 valence electrons. The standard InChI is InChI=1S/C21H20N6O4/c1-13-25-21(31-26-13)14-6-7-22-19(9-14)27-11-17(24-12-27)20(28)23-10-15-8-16(29-2)4-5-18(15)30-3/h4-9,11-12H,10H2,1-3H3,(H,23,28). The summed E-state index contributed by atoms with van der Waals surface area (Å²) < 4.78 is 17.4. The number of carbonyl (C=O) groups is 1. The molecule has 31 heavy (non-hydrogen) atoms. The van der Waals surface area contributed by atoms with E-state index in [1.54, 1.807) is 62.4 Å². The third-order valence-corrected chi connectivity index (χ3v) is 4.53. The summed E-state index contributed by atoms with van der Waals surface area (Å²) in [5.74, 6) is 2.51. The lowest BCUT2D eigenvalue weighted by atomic mass is 10.2. The Morgan fingerprint density at radius 2 is 2.03 bits per heavy atom. The van der Waals surface area contributed by atoms with E-state index in [4.69, 9.17) is 14.0 Å². The van der Waals surface area contributed by atoms with Crippen LogP contribution < -0.4 is 14.8 Å². The zero-order chi connectivity index (χ0) is 21.8. The van der Waals surface area contributed by atoms with Crippen molar-refractivity contribution in [2.75, 3.05) is 14.2 Å². The highest BCUT2D eigenvalue weighted by Crippen LogP contribution is 2.24. The molecule has 10 heteroatoms. The van der Waals surface area contributed by atoms with Gasteiger partial charge in [0.1, 0.15) is 29.3 Å². The first kappa shape index (κ1) is 20.1. The highest BCUT2D eigenvalue weighted by Gasteiger charge is 2.14. The van der Waals surface area contributed by atoms with Gasteiger partial charge in [0.2, 0.25) is 0 Å². The number of benzene rings is 1. The first-order valence-corrected chi connectivity index (χ1v) is 9.37. The van der Waals surface area contributed by atoms with Crippen LogP contribution in [0.3, 0.4) is 0 Å². The Kier molecular flexibility index (Phi) is 5.61. The zero-order valence-corrected chi connectivity index (χ0v) is 17.2. The Hall–Kier alpha value is -4.21. The number of aryl methyl sites for hydroxylation is 1. The highest BCUT2D eigenvalue weighted by atomic mass is 16.5. The van der Waals surface area contributed by atoms with Crippen LogP contribution in [0.15, 0.2) is 53.6 Å². The predicted octanol–water partition coefficient (Wildman–Crippen LogP) is 2.57. The predicted molar refractivity (Wildman–Crippen MR) is 110 cm³/mol. The van der Waals surface area contributed by atoms with Crippen molar-refractivity contribution in [3.05, 3.63) is 66.1 Å². The number of aromatic nitrogens is 5. The van der Waals surface area contributed by atoms with E-state index in [0.717, 1.165) is 11.1 Å². The molecule has 0 aliphatic rings. The van der Waals surface area contributed by atoms with Gasteiger partial charge in [0.15, 0.2) is 5.82 Å². The monoisotopic (exact) mass is 420 g/mol. The highest BCUT2D eigenvalue weighted by molar-refractivity contribution is 5.92. The summed E-state index contributed by atoms with van der Waals surface area (Å²) in [4.78, 5) is 25.3. The van der Waals surface area contributed by atoms with Gasteiger partial charge in [0, 0.05) is 30.1 Å². The molecule has 0 aliphatic carbocycles. The Morgan fingerprint density at radius 3 is 2.77 bits per heavy atom. The quantitative estimate of drug-likeness (QED) is 0.485. The van der Waals surface area contributed by atoms with Crippen molar-refractivity contribution >= 4 is 5.91 Å². The molecule has 0 fully saturated rings. The fourth-order valence-corrected chi connectivity index (χ4v) is 2.96. The fourth-order valence-electron chi connectivity index (χ4n) is 2.96. The van der Waals surface area contributed by atoms with Gasteiger partial charge in [-0.05, 0) is 37.3 Å². The van der Waals surface area contributed by atoms with Gasteiger partial charge in [-0.15, -0.1) is 0 Å². The van der Waals surface area contributed by atoms with Crippen molar-refractivity contribution in [3.63, 3.8) is 0 Å². The molecule has 0 unspecified atom stereocenters. The van der Waals surface area contributed by atoms with E-state index >= 15 is 0 Å². The maximum Gasteiger partial charge on any atom is 0.271 e. The van der Waals surface area contributed by atoms with Crippen LogP contribution in [0.4, 0.5) is 0 Å². The maximum atomic E-state index is 12.6. The minimum absolute atomic E-state index is 0.253. The van der Waals surface area contributed by atoms with Crippen molar-refractivity contribution in [3.8, 4) is 28.8 Å². The van der Waals surface area contributed by atoms with Crippen molar-refractivity contribution in [1.82, 2.24) is 30.0 Å². The van der Waals surface area contributed by atoms with Crippen LogP contribution in [-0.4, -0.2) is 44.8 Å². The molecule has 0 radical (unpaired) electrons. The number of rotatable bonds is 7. The lowest BCUT2D eigenvalue weighted by Gasteiger charge is -2.11. The van der Waals surface area contributed by atoms with Gasteiger partial charge in [-0.3, -0.25) is 9.36 Å². The number of nitrogens with one attached hydrogen (secondary N) is 1. The normalized spacial score (nSPS) is 10.7. The van der Waals surface area contributed by atoms with Crippen molar-refractivity contribution < 1.29 is 18.8 Å². The summed E-state index contributed by atoms with van der Waals surface area (Å²) >= 11 is 0. The van der Waals surface area contributed by atoms with Gasteiger partial charge < -0.3 is 19.3 Å². The third kappa shape index (κ3) is 4.37. The summed E-state index contributed by atoms with van der Waals surface area (Å²) in [6.45, 7) is 2.01. The second kappa shape index (κ2) is 8.66. The summed E-state index contributed by atoms with van der Waals surface area (Å²) in [6.07, 6.45) is 4.74. The van der Waals surface area contributed by atoms with Gasteiger partial charge >= 0.3 is 0 Å². The molecule has 3 aromatic heterocycles. The number of nitrogens with zero attached hydrogens (tertiary/aromatic N) is 5. The topological polar surface area (TPSA) is 117 Å². The number of methoxy groups -OCH3 is 2. The molecule has 0 saturated carbocycles. The molecule has 1 aromatic carbocycles. The van der Waals surface area contributed by atoms with Crippen molar-refractivity contribution in [2.45, 2.75) is 13.5 Å². The van der Waals surface area contributed by atoms with E-state index in [1.165, 1.54) is 6.33 Å². The van der Waals surface area contributed by atoms with Crippen LogP contribution in [0.1, 0.15) is 21.9 Å². The average Bonchev–Trinajstić information content (AvgIpc) is 3.47. The summed E-state index contributed by atoms with van der Waals surface area (Å²) in [5.41, 5.74) is 1.76. The van der Waals surface area contributed by atoms with Crippen LogP contribution in [0.25, 0.3) is 17.3 Å². The van der Waals surface area contributed by atoms with E-state index in [1.807, 2.05) is 6.07 Å². The Bertz CT molecular complexity index is 1220. The summed E-state index contributed by atoms with van der Waals surface area (Å²) in [6, 6.07) is 8.94. The molecule has 1 amide bonds. The second-order valence-corrected chi connectivity index (χ2v) is 6.58. The van der Waals surface area contributed by atoms with Gasteiger partial charge in [0.05, 0.1) is 14.2 Å². The molecule has 1 N–H and O–H groups in total. The average molecular weight is 420 g/mol. The SMILES string of the molecule is COc1ccc(OC)c(CNC(=O)c2cn(-c3cc(-c4nc(C)no4)ccn3)cn2)c1. The molecule has 0 bridgehead atoms. The van der Waals surface area contributed by atoms with E-state index in [9.17, 15) is 4.79 Å². The molecular formula is C21H20N6O4. The lowest BCUT2D eigenvalue weighted by molar-refractivity contribution is 0.0946. The largest absolute Gasteiger partial charge is 0.497 e. The first-order chi connectivity index (χ1) is 15.1.